The Kier molecular flexibility index (Phi) is 3.70. The van der Waals surface area contributed by atoms with Crippen molar-refractivity contribution in [2.75, 3.05) is 13.3 Å². The molecule has 0 amide bonds. The normalized spacial score (nSPS) is 12.3. The summed E-state index contributed by atoms with van der Waals surface area (Å²) in [6.07, 6.45) is 0. The van der Waals surface area contributed by atoms with Crippen LogP contribution in [-0.4, -0.2) is 19.1 Å². The Balaban J connectivity index is 2.37. The van der Waals surface area contributed by atoms with Crippen LogP contribution in [0.3, 0.4) is 0 Å². The Morgan fingerprint density at radius 3 is 2.70 bits per heavy atom. The SMILES string of the molecule is CP=Cc1ccc2oc3cc(PC)ccc3c(=O)c2c1. The predicted molar refractivity (Wildman–Crippen MR) is 91.9 cm³/mol. The largest absolute Gasteiger partial charge is 0.456 e. The zero-order valence-electron chi connectivity index (χ0n) is 11.3. The summed E-state index contributed by atoms with van der Waals surface area (Å²) < 4.78 is 5.89. The summed E-state index contributed by atoms with van der Waals surface area (Å²) in [4.78, 5) is 12.6. The van der Waals surface area contributed by atoms with Gasteiger partial charge in [-0.2, -0.15) is 0 Å². The smallest absolute Gasteiger partial charge is 0.200 e. The van der Waals surface area contributed by atoms with Gasteiger partial charge in [0, 0.05) is 0 Å². The zero-order valence-corrected chi connectivity index (χ0v) is 13.2. The minimum Gasteiger partial charge on any atom is -0.456 e. The third-order valence-electron chi connectivity index (χ3n) is 3.26. The van der Waals surface area contributed by atoms with Crippen LogP contribution in [0.4, 0.5) is 0 Å². The Morgan fingerprint density at radius 1 is 1.10 bits per heavy atom. The Hall–Kier alpha value is -1.49. The Morgan fingerprint density at radius 2 is 1.95 bits per heavy atom. The van der Waals surface area contributed by atoms with Gasteiger partial charge in [0.25, 0.3) is 0 Å². The average Bonchev–Trinajstić information content (AvgIpc) is 2.48. The van der Waals surface area contributed by atoms with Crippen molar-refractivity contribution in [2.24, 2.45) is 0 Å². The van der Waals surface area contributed by atoms with Crippen molar-refractivity contribution in [1.29, 1.82) is 0 Å². The maximum Gasteiger partial charge on any atom is 0.200 e. The standard InChI is InChI=1S/C16H14O2P2/c1-19-9-10-3-6-14-13(7-10)16(17)12-5-4-11(20-2)8-15(12)18-14/h3-9,20H,1-2H3. The van der Waals surface area contributed by atoms with Crippen molar-refractivity contribution in [3.63, 3.8) is 0 Å². The molecule has 0 aliphatic rings. The average molecular weight is 300 g/mol. The van der Waals surface area contributed by atoms with Crippen molar-refractivity contribution in [3.05, 3.63) is 52.2 Å². The van der Waals surface area contributed by atoms with Crippen molar-refractivity contribution in [3.8, 4) is 0 Å². The van der Waals surface area contributed by atoms with Gasteiger partial charge in [0.05, 0.1) is 10.8 Å². The van der Waals surface area contributed by atoms with Crippen molar-refractivity contribution >= 4 is 49.8 Å². The molecule has 0 fully saturated rings. The quantitative estimate of drug-likeness (QED) is 0.534. The summed E-state index contributed by atoms with van der Waals surface area (Å²) in [6.45, 7) is 4.17. The molecule has 0 saturated carbocycles. The predicted octanol–water partition coefficient (Wildman–Crippen LogP) is 3.61. The molecule has 3 aromatic rings. The van der Waals surface area contributed by atoms with Crippen LogP contribution in [0.5, 0.6) is 0 Å². The summed E-state index contributed by atoms with van der Waals surface area (Å²) in [5.41, 5.74) is 2.44. The molecule has 1 atom stereocenters. The lowest BCUT2D eigenvalue weighted by atomic mass is 10.1. The maximum atomic E-state index is 12.6. The van der Waals surface area contributed by atoms with Crippen LogP contribution < -0.4 is 10.7 Å². The van der Waals surface area contributed by atoms with E-state index in [2.05, 4.69) is 19.1 Å². The molecule has 4 heteroatoms. The summed E-state index contributed by atoms with van der Waals surface area (Å²) in [5, 5.41) is 2.52. The van der Waals surface area contributed by atoms with E-state index in [0.717, 1.165) is 5.56 Å². The second kappa shape index (κ2) is 5.48. The van der Waals surface area contributed by atoms with Gasteiger partial charge in [-0.25, -0.2) is 0 Å². The molecule has 100 valence electrons. The van der Waals surface area contributed by atoms with Gasteiger partial charge < -0.3 is 4.42 Å². The van der Waals surface area contributed by atoms with Crippen molar-refractivity contribution < 1.29 is 4.42 Å². The van der Waals surface area contributed by atoms with E-state index in [-0.39, 0.29) is 5.43 Å². The molecule has 0 N–H and O–H groups in total. The highest BCUT2D eigenvalue weighted by Gasteiger charge is 2.08. The van der Waals surface area contributed by atoms with Crippen LogP contribution >= 0.6 is 16.8 Å². The monoisotopic (exact) mass is 300 g/mol. The summed E-state index contributed by atoms with van der Waals surface area (Å²) in [7, 11) is 1.87. The summed E-state index contributed by atoms with van der Waals surface area (Å²) in [6, 6.07) is 11.6. The molecule has 0 radical (unpaired) electrons. The zero-order chi connectivity index (χ0) is 14.1. The van der Waals surface area contributed by atoms with Gasteiger partial charge in [-0.3, -0.25) is 4.79 Å². The van der Waals surface area contributed by atoms with Gasteiger partial charge in [-0.05, 0) is 54.3 Å². The second-order valence-electron chi connectivity index (χ2n) is 4.54. The van der Waals surface area contributed by atoms with Crippen molar-refractivity contribution in [2.45, 2.75) is 0 Å². The fourth-order valence-corrected chi connectivity index (χ4v) is 3.24. The highest BCUT2D eigenvalue weighted by Crippen LogP contribution is 2.20. The third-order valence-corrected chi connectivity index (χ3v) is 4.71. The minimum absolute atomic E-state index is 0.0512. The topological polar surface area (TPSA) is 30.2 Å². The molecule has 3 rings (SSSR count). The van der Waals surface area contributed by atoms with Gasteiger partial charge in [-0.15, -0.1) is 8.20 Å². The van der Waals surface area contributed by atoms with Crippen LogP contribution in [0, 0.1) is 0 Å². The van der Waals surface area contributed by atoms with Gasteiger partial charge in [-0.1, -0.05) is 20.7 Å². The Labute approximate surface area is 120 Å². The number of hydrogen-bond acceptors (Lipinski definition) is 2. The molecule has 2 nitrogen and oxygen atoms in total. The van der Waals surface area contributed by atoms with E-state index in [1.165, 1.54) is 13.5 Å². The highest BCUT2D eigenvalue weighted by atomic mass is 31.1. The lowest BCUT2D eigenvalue weighted by molar-refractivity contribution is 0.660. The molecule has 0 saturated heterocycles. The summed E-state index contributed by atoms with van der Waals surface area (Å²) in [5.74, 6) is 2.07. The number of benzene rings is 2. The van der Waals surface area contributed by atoms with Crippen LogP contribution in [0.1, 0.15) is 5.56 Å². The van der Waals surface area contributed by atoms with Gasteiger partial charge >= 0.3 is 0 Å². The highest BCUT2D eigenvalue weighted by molar-refractivity contribution is 7.46. The second-order valence-corrected chi connectivity index (χ2v) is 6.39. The first-order valence-corrected chi connectivity index (χ1v) is 9.24. The fourth-order valence-electron chi connectivity index (χ4n) is 2.26. The molecule has 0 spiro atoms. The van der Waals surface area contributed by atoms with Crippen molar-refractivity contribution in [1.82, 2.24) is 0 Å². The van der Waals surface area contributed by atoms with Crippen LogP contribution in [0.15, 0.2) is 45.6 Å². The molecule has 1 unspecified atom stereocenters. The molecule has 0 bridgehead atoms. The fraction of sp³-hybridized carbons (Fsp3) is 0.125. The molecule has 1 aromatic heterocycles. The first kappa shape index (κ1) is 13.5. The van der Waals surface area contributed by atoms with E-state index in [1.54, 1.807) is 0 Å². The van der Waals surface area contributed by atoms with Crippen LogP contribution in [0.2, 0.25) is 0 Å². The third kappa shape index (κ3) is 2.30. The molecule has 1 heterocycles. The number of hydrogen-bond donors (Lipinski definition) is 0. The molecule has 2 aromatic carbocycles. The van der Waals surface area contributed by atoms with Gasteiger partial charge in [0.1, 0.15) is 11.2 Å². The molecule has 20 heavy (non-hydrogen) atoms. The van der Waals surface area contributed by atoms with E-state index in [0.29, 0.717) is 30.5 Å². The van der Waals surface area contributed by atoms with Gasteiger partial charge in [0.15, 0.2) is 0 Å². The molecule has 0 aliphatic carbocycles. The summed E-state index contributed by atoms with van der Waals surface area (Å²) >= 11 is 0. The minimum atomic E-state index is 0.0512. The number of rotatable bonds is 2. The maximum absolute atomic E-state index is 12.6. The van der Waals surface area contributed by atoms with E-state index in [9.17, 15) is 4.79 Å². The lowest BCUT2D eigenvalue weighted by Gasteiger charge is -2.04. The van der Waals surface area contributed by atoms with E-state index in [4.69, 9.17) is 4.42 Å². The van der Waals surface area contributed by atoms with E-state index in [1.807, 2.05) is 36.4 Å². The Bertz CT molecular complexity index is 879. The molecule has 0 aliphatic heterocycles. The number of fused-ring (bicyclic) bond motifs is 2. The molecular weight excluding hydrogens is 286 g/mol. The lowest BCUT2D eigenvalue weighted by Crippen LogP contribution is -2.04. The van der Waals surface area contributed by atoms with Crippen LogP contribution in [-0.2, 0) is 0 Å². The first-order valence-electron chi connectivity index (χ1n) is 6.33. The van der Waals surface area contributed by atoms with Gasteiger partial charge in [0.2, 0.25) is 5.43 Å². The van der Waals surface area contributed by atoms with E-state index < -0.39 is 0 Å². The van der Waals surface area contributed by atoms with E-state index >= 15 is 0 Å². The first-order chi connectivity index (χ1) is 9.72. The molecular formula is C16H14O2P2. The van der Waals surface area contributed by atoms with Crippen LogP contribution in [0.25, 0.3) is 21.9 Å².